The van der Waals surface area contributed by atoms with Gasteiger partial charge in [-0.15, -0.1) is 0 Å². The Labute approximate surface area is 154 Å². The first-order valence-electron chi connectivity index (χ1n) is 8.48. The zero-order valence-corrected chi connectivity index (χ0v) is 15.8. The molecule has 1 heterocycles. The molecule has 0 aliphatic carbocycles. The maximum Gasteiger partial charge on any atom is 0.220 e. The zero-order chi connectivity index (χ0) is 18.6. The first kappa shape index (κ1) is 18.7. The van der Waals surface area contributed by atoms with E-state index in [0.29, 0.717) is 26.2 Å². The van der Waals surface area contributed by atoms with Crippen LogP contribution in [0, 0.1) is 0 Å². The SMILES string of the molecule is COc1ccc(CN(Cc2ccc(OC)cc2)S(=O)(=O)C2CNC2)cc1. The van der Waals surface area contributed by atoms with Crippen molar-refractivity contribution < 1.29 is 17.9 Å². The molecule has 1 aliphatic heterocycles. The molecule has 2 aromatic rings. The number of hydrogen-bond donors (Lipinski definition) is 1. The van der Waals surface area contributed by atoms with Crippen LogP contribution in [0.15, 0.2) is 48.5 Å². The molecule has 0 spiro atoms. The highest BCUT2D eigenvalue weighted by Crippen LogP contribution is 2.22. The summed E-state index contributed by atoms with van der Waals surface area (Å²) < 4.78 is 37.9. The average Bonchev–Trinajstić information content (AvgIpc) is 2.60. The van der Waals surface area contributed by atoms with E-state index in [2.05, 4.69) is 5.32 Å². The molecule has 1 N–H and O–H groups in total. The summed E-state index contributed by atoms with van der Waals surface area (Å²) in [5.74, 6) is 1.50. The van der Waals surface area contributed by atoms with Crippen LogP contribution in [-0.2, 0) is 23.1 Å². The molecular weight excluding hydrogens is 352 g/mol. The molecule has 26 heavy (non-hydrogen) atoms. The van der Waals surface area contributed by atoms with Gasteiger partial charge in [-0.05, 0) is 35.4 Å². The number of hydrogen-bond acceptors (Lipinski definition) is 5. The third-order valence-corrected chi connectivity index (χ3v) is 6.71. The van der Waals surface area contributed by atoms with E-state index < -0.39 is 10.0 Å². The van der Waals surface area contributed by atoms with E-state index in [1.165, 1.54) is 0 Å². The second kappa shape index (κ2) is 8.07. The largest absolute Gasteiger partial charge is 0.497 e. The molecule has 0 atom stereocenters. The predicted octanol–water partition coefficient (Wildman–Crippen LogP) is 2.01. The van der Waals surface area contributed by atoms with Gasteiger partial charge >= 0.3 is 0 Å². The normalized spacial score (nSPS) is 14.9. The molecule has 7 heteroatoms. The van der Waals surface area contributed by atoms with Gasteiger partial charge in [0.2, 0.25) is 10.0 Å². The molecule has 1 fully saturated rings. The van der Waals surface area contributed by atoms with E-state index in [0.717, 1.165) is 22.6 Å². The maximum absolute atomic E-state index is 13.0. The lowest BCUT2D eigenvalue weighted by Gasteiger charge is -2.33. The Hall–Kier alpha value is -2.09. The lowest BCUT2D eigenvalue weighted by atomic mass is 10.2. The van der Waals surface area contributed by atoms with E-state index in [1.54, 1.807) is 18.5 Å². The van der Waals surface area contributed by atoms with Crippen molar-refractivity contribution >= 4 is 10.0 Å². The number of rotatable bonds is 8. The molecule has 0 amide bonds. The summed E-state index contributed by atoms with van der Waals surface area (Å²) in [5, 5.41) is 2.68. The topological polar surface area (TPSA) is 67.9 Å². The van der Waals surface area contributed by atoms with Crippen LogP contribution < -0.4 is 14.8 Å². The Morgan fingerprint density at radius 3 is 1.62 bits per heavy atom. The third-order valence-electron chi connectivity index (χ3n) is 4.56. The van der Waals surface area contributed by atoms with Crippen molar-refractivity contribution in [2.45, 2.75) is 18.3 Å². The van der Waals surface area contributed by atoms with Gasteiger partial charge in [-0.1, -0.05) is 24.3 Å². The molecule has 0 unspecified atom stereocenters. The Bertz CT molecular complexity index is 766. The molecule has 3 rings (SSSR count). The number of nitrogens with one attached hydrogen (secondary N) is 1. The fraction of sp³-hybridized carbons (Fsp3) is 0.368. The number of ether oxygens (including phenoxy) is 2. The lowest BCUT2D eigenvalue weighted by Crippen LogP contribution is -2.55. The van der Waals surface area contributed by atoms with Crippen LogP contribution >= 0.6 is 0 Å². The number of methoxy groups -OCH3 is 2. The monoisotopic (exact) mass is 376 g/mol. The smallest absolute Gasteiger partial charge is 0.220 e. The van der Waals surface area contributed by atoms with Crippen LogP contribution in [0.5, 0.6) is 11.5 Å². The zero-order valence-electron chi connectivity index (χ0n) is 15.0. The van der Waals surface area contributed by atoms with E-state index in [-0.39, 0.29) is 5.25 Å². The second-order valence-corrected chi connectivity index (χ2v) is 8.50. The van der Waals surface area contributed by atoms with Crippen molar-refractivity contribution in [3.05, 3.63) is 59.7 Å². The van der Waals surface area contributed by atoms with E-state index in [9.17, 15) is 8.42 Å². The molecule has 1 saturated heterocycles. The summed E-state index contributed by atoms with van der Waals surface area (Å²) in [6.45, 7) is 1.66. The van der Waals surface area contributed by atoms with Gasteiger partial charge in [-0.2, -0.15) is 4.31 Å². The predicted molar refractivity (Wildman–Crippen MR) is 101 cm³/mol. The van der Waals surface area contributed by atoms with Crippen molar-refractivity contribution in [1.82, 2.24) is 9.62 Å². The van der Waals surface area contributed by atoms with Crippen molar-refractivity contribution in [1.29, 1.82) is 0 Å². The molecule has 140 valence electrons. The van der Waals surface area contributed by atoms with Gasteiger partial charge in [0.1, 0.15) is 16.7 Å². The van der Waals surface area contributed by atoms with Crippen molar-refractivity contribution in [3.63, 3.8) is 0 Å². The summed E-state index contributed by atoms with van der Waals surface area (Å²) in [5.41, 5.74) is 1.85. The quantitative estimate of drug-likeness (QED) is 0.763. The summed E-state index contributed by atoms with van der Waals surface area (Å²) in [6.07, 6.45) is 0. The fourth-order valence-electron chi connectivity index (χ4n) is 2.79. The van der Waals surface area contributed by atoms with Gasteiger partial charge in [-0.3, -0.25) is 0 Å². The Kier molecular flexibility index (Phi) is 5.80. The molecular formula is C19H24N2O4S. The molecule has 0 bridgehead atoms. The van der Waals surface area contributed by atoms with Gasteiger partial charge < -0.3 is 14.8 Å². The van der Waals surface area contributed by atoms with Gasteiger partial charge in [0.25, 0.3) is 0 Å². The fourth-order valence-corrected chi connectivity index (χ4v) is 4.53. The molecule has 0 saturated carbocycles. The van der Waals surface area contributed by atoms with Crippen molar-refractivity contribution in [2.24, 2.45) is 0 Å². The lowest BCUT2D eigenvalue weighted by molar-refractivity contribution is 0.375. The minimum absolute atomic E-state index is 0.328. The van der Waals surface area contributed by atoms with Crippen LogP contribution in [0.4, 0.5) is 0 Å². The Morgan fingerprint density at radius 1 is 0.885 bits per heavy atom. The number of benzene rings is 2. The van der Waals surface area contributed by atoms with Crippen LogP contribution in [-0.4, -0.2) is 45.3 Å². The van der Waals surface area contributed by atoms with E-state index in [1.807, 2.05) is 48.5 Å². The Balaban J connectivity index is 1.82. The number of nitrogens with zero attached hydrogens (tertiary/aromatic N) is 1. The van der Waals surface area contributed by atoms with Crippen LogP contribution in [0.25, 0.3) is 0 Å². The third kappa shape index (κ3) is 4.17. The minimum atomic E-state index is -3.38. The Morgan fingerprint density at radius 2 is 1.31 bits per heavy atom. The second-order valence-electron chi connectivity index (χ2n) is 6.29. The highest BCUT2D eigenvalue weighted by molar-refractivity contribution is 7.89. The molecule has 0 radical (unpaired) electrons. The van der Waals surface area contributed by atoms with Crippen LogP contribution in [0.1, 0.15) is 11.1 Å². The van der Waals surface area contributed by atoms with Gasteiger partial charge in [-0.25, -0.2) is 8.42 Å². The molecule has 2 aromatic carbocycles. The first-order valence-corrected chi connectivity index (χ1v) is 9.99. The summed E-state index contributed by atoms with van der Waals surface area (Å²) in [7, 11) is -0.163. The highest BCUT2D eigenvalue weighted by Gasteiger charge is 2.36. The van der Waals surface area contributed by atoms with Gasteiger partial charge in [0.05, 0.1) is 14.2 Å². The van der Waals surface area contributed by atoms with Crippen molar-refractivity contribution in [3.8, 4) is 11.5 Å². The summed E-state index contributed by atoms with van der Waals surface area (Å²) in [6, 6.07) is 15.0. The van der Waals surface area contributed by atoms with Gasteiger partial charge in [0, 0.05) is 26.2 Å². The van der Waals surface area contributed by atoms with Gasteiger partial charge in [0.15, 0.2) is 0 Å². The molecule has 0 aromatic heterocycles. The van der Waals surface area contributed by atoms with Crippen LogP contribution in [0.3, 0.4) is 0 Å². The average molecular weight is 376 g/mol. The summed E-state index contributed by atoms with van der Waals surface area (Å²) >= 11 is 0. The highest BCUT2D eigenvalue weighted by atomic mass is 32.2. The first-order chi connectivity index (χ1) is 12.5. The standard InChI is InChI=1S/C19H24N2O4S/c1-24-17-7-3-15(4-8-17)13-21(26(22,23)19-11-20-12-19)14-16-5-9-18(25-2)10-6-16/h3-10,19-20H,11-14H2,1-2H3. The summed E-state index contributed by atoms with van der Waals surface area (Å²) in [4.78, 5) is 0. The van der Waals surface area contributed by atoms with Crippen LogP contribution in [0.2, 0.25) is 0 Å². The molecule has 6 nitrogen and oxygen atoms in total. The van der Waals surface area contributed by atoms with Crippen molar-refractivity contribution in [2.75, 3.05) is 27.3 Å². The van der Waals surface area contributed by atoms with E-state index in [4.69, 9.17) is 9.47 Å². The maximum atomic E-state index is 13.0. The molecule has 1 aliphatic rings. The number of sulfonamides is 1. The van der Waals surface area contributed by atoms with E-state index >= 15 is 0 Å². The minimum Gasteiger partial charge on any atom is -0.497 e.